The number of rotatable bonds is 8. The van der Waals surface area contributed by atoms with E-state index in [0.717, 1.165) is 4.31 Å². The Morgan fingerprint density at radius 1 is 1.37 bits per heavy atom. The van der Waals surface area contributed by atoms with Crippen LogP contribution in [0.3, 0.4) is 0 Å². The molecule has 3 N–H and O–H groups in total. The third kappa shape index (κ3) is 3.82. The number of hydrogen-bond donors (Lipinski definition) is 3. The Hall–Kier alpha value is -3.13. The van der Waals surface area contributed by atoms with Crippen molar-refractivity contribution in [2.24, 2.45) is 0 Å². The van der Waals surface area contributed by atoms with E-state index in [0.29, 0.717) is 17.3 Å². The largest absolute Gasteiger partial charge is 0.462 e. The second-order valence-corrected chi connectivity index (χ2v) is 8.45. The number of fused-ring (bicyclic) bond motifs is 3. The number of carbonyl (C=O) groups is 1. The average molecular weight is 431 g/mol. The summed E-state index contributed by atoms with van der Waals surface area (Å²) in [6.07, 6.45) is 7.26. The third-order valence-corrected chi connectivity index (χ3v) is 6.37. The minimum absolute atomic E-state index is 0.0823. The normalized spacial score (nSPS) is 11.8. The number of hydrogen-bond acceptors (Lipinski definition) is 6. The maximum Gasteiger partial charge on any atom is 0.340 e. The molecule has 0 aliphatic carbocycles. The Kier molecular flexibility index (Phi) is 6.26. The molecule has 9 nitrogen and oxygen atoms in total. The van der Waals surface area contributed by atoms with Gasteiger partial charge in [-0.2, -0.15) is 4.31 Å². The fourth-order valence-corrected chi connectivity index (χ4v) is 4.52. The zero-order valence-corrected chi connectivity index (χ0v) is 17.1. The van der Waals surface area contributed by atoms with Crippen LogP contribution in [0.15, 0.2) is 34.1 Å². The van der Waals surface area contributed by atoms with E-state index in [-0.39, 0.29) is 41.1 Å². The van der Waals surface area contributed by atoms with Gasteiger partial charge in [-0.15, -0.1) is 6.42 Å². The highest BCUT2D eigenvalue weighted by Crippen LogP contribution is 2.28. The van der Waals surface area contributed by atoms with Crippen molar-refractivity contribution < 1.29 is 23.1 Å². The summed E-state index contributed by atoms with van der Waals surface area (Å²) >= 11 is 0. The van der Waals surface area contributed by atoms with Crippen molar-refractivity contribution >= 4 is 37.8 Å². The molecule has 0 aliphatic rings. The lowest BCUT2D eigenvalue weighted by Gasteiger charge is -2.19. The van der Waals surface area contributed by atoms with Gasteiger partial charge in [-0.3, -0.25) is 4.79 Å². The van der Waals surface area contributed by atoms with Crippen LogP contribution in [-0.2, 0) is 14.8 Å². The van der Waals surface area contributed by atoms with Crippen molar-refractivity contribution in [3.63, 3.8) is 0 Å². The smallest absolute Gasteiger partial charge is 0.340 e. The summed E-state index contributed by atoms with van der Waals surface area (Å²) in [7, 11) is -4.01. The minimum Gasteiger partial charge on any atom is -0.462 e. The molecule has 3 aromatic rings. The van der Waals surface area contributed by atoms with Crippen LogP contribution in [0, 0.1) is 12.3 Å². The van der Waals surface area contributed by atoms with Crippen LogP contribution in [0.5, 0.6) is 0 Å². The maximum atomic E-state index is 13.0. The third-order valence-electron chi connectivity index (χ3n) is 4.53. The lowest BCUT2D eigenvalue weighted by molar-refractivity contribution is 0.0507. The molecule has 0 aliphatic heterocycles. The number of sulfonamides is 1. The number of terminal acetylenes is 1. The van der Waals surface area contributed by atoms with Crippen LogP contribution in [0.25, 0.3) is 21.8 Å². The quantitative estimate of drug-likeness (QED) is 0.363. The number of ether oxygens (including phenoxy) is 1. The number of H-pyrrole nitrogens is 2. The number of pyridine rings is 1. The molecule has 0 spiro atoms. The second kappa shape index (κ2) is 8.71. The highest BCUT2D eigenvalue weighted by molar-refractivity contribution is 7.89. The van der Waals surface area contributed by atoms with E-state index in [9.17, 15) is 23.1 Å². The standard InChI is InChI=1S/C20H21N3O6S/c1-3-7-23(8-9-24)30(27,28)13-5-6-16-14(11-13)17-15(20(26)29-10-4-2)12-21-18(17)19(25)22-16/h1,5-6,11-12,21,24H,4,7-10H2,2H3,(H,22,25). The second-order valence-electron chi connectivity index (χ2n) is 6.52. The molecule has 0 saturated heterocycles. The van der Waals surface area contributed by atoms with Gasteiger partial charge in [0.15, 0.2) is 0 Å². The first-order valence-electron chi connectivity index (χ1n) is 9.23. The van der Waals surface area contributed by atoms with Crippen molar-refractivity contribution in [1.82, 2.24) is 14.3 Å². The van der Waals surface area contributed by atoms with Crippen molar-refractivity contribution in [2.75, 3.05) is 26.3 Å². The summed E-state index contributed by atoms with van der Waals surface area (Å²) in [6, 6.07) is 4.15. The predicted octanol–water partition coefficient (Wildman–Crippen LogP) is 1.19. The van der Waals surface area contributed by atoms with Gasteiger partial charge in [-0.1, -0.05) is 12.8 Å². The van der Waals surface area contributed by atoms with E-state index >= 15 is 0 Å². The van der Waals surface area contributed by atoms with Gasteiger partial charge in [0.25, 0.3) is 5.56 Å². The molecule has 0 saturated carbocycles. The zero-order chi connectivity index (χ0) is 21.9. The van der Waals surface area contributed by atoms with Gasteiger partial charge in [-0.25, -0.2) is 13.2 Å². The van der Waals surface area contributed by atoms with Gasteiger partial charge in [0, 0.05) is 29.0 Å². The lowest BCUT2D eigenvalue weighted by atomic mass is 10.1. The number of aliphatic hydroxyl groups excluding tert-OH is 1. The molecule has 0 bridgehead atoms. The van der Waals surface area contributed by atoms with Crippen molar-refractivity contribution in [2.45, 2.75) is 18.2 Å². The molecule has 0 atom stereocenters. The molecule has 0 unspecified atom stereocenters. The molecule has 10 heteroatoms. The minimum atomic E-state index is -4.01. The highest BCUT2D eigenvalue weighted by atomic mass is 32.2. The number of aromatic nitrogens is 2. The number of esters is 1. The van der Waals surface area contributed by atoms with E-state index in [1.54, 1.807) is 0 Å². The van der Waals surface area contributed by atoms with Gasteiger partial charge in [-0.05, 0) is 24.6 Å². The van der Waals surface area contributed by atoms with Crippen LogP contribution in [0.4, 0.5) is 0 Å². The molecule has 3 rings (SSSR count). The van der Waals surface area contributed by atoms with Crippen LogP contribution in [-0.4, -0.2) is 60.1 Å². The Bertz CT molecular complexity index is 1300. The average Bonchev–Trinajstić information content (AvgIpc) is 3.18. The lowest BCUT2D eigenvalue weighted by Crippen LogP contribution is -2.34. The number of carbonyl (C=O) groups excluding carboxylic acids is 1. The van der Waals surface area contributed by atoms with Gasteiger partial charge in [0.1, 0.15) is 5.52 Å². The van der Waals surface area contributed by atoms with E-state index in [4.69, 9.17) is 11.2 Å². The zero-order valence-electron chi connectivity index (χ0n) is 16.3. The summed E-state index contributed by atoms with van der Waals surface area (Å²) in [6.45, 7) is 1.31. The molecule has 1 aromatic carbocycles. The first-order chi connectivity index (χ1) is 14.3. The van der Waals surface area contributed by atoms with E-state index in [2.05, 4.69) is 15.9 Å². The molecule has 0 radical (unpaired) electrons. The fourth-order valence-electron chi connectivity index (χ4n) is 3.15. The molecular weight excluding hydrogens is 410 g/mol. The Balaban J connectivity index is 2.24. The van der Waals surface area contributed by atoms with Crippen molar-refractivity contribution in [3.8, 4) is 12.3 Å². The van der Waals surface area contributed by atoms with Crippen LogP contribution >= 0.6 is 0 Å². The molecule has 0 fully saturated rings. The molecule has 30 heavy (non-hydrogen) atoms. The first kappa shape index (κ1) is 21.6. The van der Waals surface area contributed by atoms with E-state index in [1.165, 1.54) is 24.4 Å². The number of benzene rings is 1. The molecule has 2 heterocycles. The summed E-state index contributed by atoms with van der Waals surface area (Å²) in [5, 5.41) is 9.82. The van der Waals surface area contributed by atoms with E-state index < -0.39 is 28.2 Å². The molecular formula is C20H21N3O6S. The number of nitrogens with zero attached hydrogens (tertiary/aromatic N) is 1. The first-order valence-corrected chi connectivity index (χ1v) is 10.7. The van der Waals surface area contributed by atoms with Crippen LogP contribution in [0.1, 0.15) is 23.7 Å². The summed E-state index contributed by atoms with van der Waals surface area (Å²) in [5.41, 5.74) is 0.189. The van der Waals surface area contributed by atoms with Gasteiger partial charge in [0.2, 0.25) is 10.0 Å². The van der Waals surface area contributed by atoms with Crippen LogP contribution in [0.2, 0.25) is 0 Å². The number of nitrogens with one attached hydrogen (secondary N) is 2. The summed E-state index contributed by atoms with van der Waals surface area (Å²) in [4.78, 5) is 30.2. The fraction of sp³-hybridized carbons (Fsp3) is 0.300. The summed E-state index contributed by atoms with van der Waals surface area (Å²) in [5.74, 6) is 1.65. The van der Waals surface area contributed by atoms with Gasteiger partial charge >= 0.3 is 5.97 Å². The van der Waals surface area contributed by atoms with Gasteiger partial charge < -0.3 is 19.8 Å². The summed E-state index contributed by atoms with van der Waals surface area (Å²) < 4.78 is 32.2. The Labute approximate surface area is 172 Å². The van der Waals surface area contributed by atoms with Crippen molar-refractivity contribution in [3.05, 3.63) is 40.3 Å². The Morgan fingerprint density at radius 2 is 2.13 bits per heavy atom. The maximum absolute atomic E-state index is 13.0. The number of aromatic amines is 2. The molecule has 0 amide bonds. The van der Waals surface area contributed by atoms with Gasteiger partial charge in [0.05, 0.1) is 30.2 Å². The Morgan fingerprint density at radius 3 is 2.80 bits per heavy atom. The predicted molar refractivity (Wildman–Crippen MR) is 112 cm³/mol. The monoisotopic (exact) mass is 431 g/mol. The molecule has 2 aromatic heterocycles. The SMILES string of the molecule is C#CCN(CCO)S(=O)(=O)c1ccc2[nH]c(=O)c3[nH]cc(C(=O)OCCC)c3c2c1. The highest BCUT2D eigenvalue weighted by Gasteiger charge is 2.25. The van der Waals surface area contributed by atoms with Crippen LogP contribution < -0.4 is 5.56 Å². The topological polar surface area (TPSA) is 133 Å². The van der Waals surface area contributed by atoms with E-state index in [1.807, 2.05) is 6.92 Å². The molecule has 158 valence electrons. The number of aliphatic hydroxyl groups is 1. The van der Waals surface area contributed by atoms with Crippen molar-refractivity contribution in [1.29, 1.82) is 0 Å².